The molecule has 0 aliphatic rings. The van der Waals surface area contributed by atoms with Crippen molar-refractivity contribution >= 4 is 0 Å². The summed E-state index contributed by atoms with van der Waals surface area (Å²) < 4.78 is 0. The quantitative estimate of drug-likeness (QED) is 0.741. The minimum Gasteiger partial charge on any atom is -0.392 e. The molecule has 0 amide bonds. The standard InChI is InChI=1S/C14H23NO/c1-12(2)8-9-14(16)11-15-10-13-6-4-3-5-7-13/h3-7,12,14-16H,8-11H2,1-2H3. The third kappa shape index (κ3) is 5.89. The van der Waals surface area contributed by atoms with Crippen molar-refractivity contribution in [3.8, 4) is 0 Å². The first kappa shape index (κ1) is 13.2. The first-order chi connectivity index (χ1) is 7.68. The van der Waals surface area contributed by atoms with Gasteiger partial charge < -0.3 is 10.4 Å². The van der Waals surface area contributed by atoms with Crippen molar-refractivity contribution in [3.05, 3.63) is 35.9 Å². The molecule has 1 rings (SSSR count). The van der Waals surface area contributed by atoms with Crippen LogP contribution in [0.15, 0.2) is 30.3 Å². The Balaban J connectivity index is 2.11. The van der Waals surface area contributed by atoms with Crippen LogP contribution in [-0.4, -0.2) is 17.8 Å². The van der Waals surface area contributed by atoms with E-state index in [2.05, 4.69) is 31.3 Å². The number of benzene rings is 1. The topological polar surface area (TPSA) is 32.3 Å². The average Bonchev–Trinajstić information content (AvgIpc) is 2.28. The first-order valence-electron chi connectivity index (χ1n) is 6.11. The molecule has 90 valence electrons. The van der Waals surface area contributed by atoms with Crippen LogP contribution in [0.5, 0.6) is 0 Å². The molecule has 0 aliphatic heterocycles. The van der Waals surface area contributed by atoms with Gasteiger partial charge in [0.25, 0.3) is 0 Å². The summed E-state index contributed by atoms with van der Waals surface area (Å²) in [6.45, 7) is 5.88. The predicted molar refractivity (Wildman–Crippen MR) is 68.2 cm³/mol. The highest BCUT2D eigenvalue weighted by atomic mass is 16.3. The molecular formula is C14H23NO. The van der Waals surface area contributed by atoms with Crippen LogP contribution in [0.25, 0.3) is 0 Å². The van der Waals surface area contributed by atoms with E-state index in [1.54, 1.807) is 0 Å². The van der Waals surface area contributed by atoms with Crippen LogP contribution < -0.4 is 5.32 Å². The van der Waals surface area contributed by atoms with Gasteiger partial charge in [0.1, 0.15) is 0 Å². The molecule has 0 saturated heterocycles. The Kier molecular flexibility index (Phi) is 6.12. The highest BCUT2D eigenvalue weighted by molar-refractivity contribution is 5.14. The van der Waals surface area contributed by atoms with Gasteiger partial charge in [-0.2, -0.15) is 0 Å². The molecule has 0 heterocycles. The van der Waals surface area contributed by atoms with Gasteiger partial charge in [-0.1, -0.05) is 44.2 Å². The van der Waals surface area contributed by atoms with E-state index in [9.17, 15) is 5.11 Å². The van der Waals surface area contributed by atoms with Crippen LogP contribution >= 0.6 is 0 Å². The zero-order valence-electron chi connectivity index (χ0n) is 10.3. The summed E-state index contributed by atoms with van der Waals surface area (Å²) in [6, 6.07) is 10.3. The van der Waals surface area contributed by atoms with Gasteiger partial charge in [-0.05, 0) is 24.3 Å². The number of nitrogens with one attached hydrogen (secondary N) is 1. The van der Waals surface area contributed by atoms with Crippen LogP contribution in [0.1, 0.15) is 32.3 Å². The van der Waals surface area contributed by atoms with Gasteiger partial charge >= 0.3 is 0 Å². The Morgan fingerprint density at radius 3 is 2.44 bits per heavy atom. The molecule has 1 aromatic carbocycles. The maximum atomic E-state index is 9.71. The summed E-state index contributed by atoms with van der Waals surface area (Å²) >= 11 is 0. The maximum Gasteiger partial charge on any atom is 0.0664 e. The second kappa shape index (κ2) is 7.42. The molecule has 0 fully saturated rings. The third-order valence-corrected chi connectivity index (χ3v) is 2.63. The molecule has 1 unspecified atom stereocenters. The van der Waals surface area contributed by atoms with Crippen molar-refractivity contribution in [2.45, 2.75) is 39.3 Å². The molecule has 2 N–H and O–H groups in total. The minimum atomic E-state index is -0.217. The van der Waals surface area contributed by atoms with E-state index in [1.807, 2.05) is 18.2 Å². The van der Waals surface area contributed by atoms with E-state index in [0.717, 1.165) is 19.4 Å². The Morgan fingerprint density at radius 1 is 1.12 bits per heavy atom. The van der Waals surface area contributed by atoms with E-state index in [4.69, 9.17) is 0 Å². The van der Waals surface area contributed by atoms with Crippen molar-refractivity contribution in [2.75, 3.05) is 6.54 Å². The molecule has 2 nitrogen and oxygen atoms in total. The fourth-order valence-corrected chi connectivity index (χ4v) is 1.61. The third-order valence-electron chi connectivity index (χ3n) is 2.63. The molecule has 0 radical (unpaired) electrons. The normalized spacial score (nSPS) is 13.0. The molecule has 0 saturated carbocycles. The van der Waals surface area contributed by atoms with Crippen LogP contribution in [0, 0.1) is 5.92 Å². The molecule has 2 heteroatoms. The summed E-state index contributed by atoms with van der Waals surface area (Å²) in [5.41, 5.74) is 1.26. The van der Waals surface area contributed by atoms with E-state index in [0.29, 0.717) is 12.5 Å². The maximum absolute atomic E-state index is 9.71. The lowest BCUT2D eigenvalue weighted by atomic mass is 10.1. The van der Waals surface area contributed by atoms with Gasteiger partial charge in [-0.25, -0.2) is 0 Å². The van der Waals surface area contributed by atoms with Crippen molar-refractivity contribution in [1.82, 2.24) is 5.32 Å². The first-order valence-corrected chi connectivity index (χ1v) is 6.11. The lowest BCUT2D eigenvalue weighted by molar-refractivity contribution is 0.153. The van der Waals surface area contributed by atoms with Crippen molar-refractivity contribution in [3.63, 3.8) is 0 Å². The highest BCUT2D eigenvalue weighted by Gasteiger charge is 2.04. The molecule has 0 aromatic heterocycles. The number of hydrogen-bond donors (Lipinski definition) is 2. The molecule has 1 aromatic rings. The average molecular weight is 221 g/mol. The monoisotopic (exact) mass is 221 g/mol. The lowest BCUT2D eigenvalue weighted by Crippen LogP contribution is -2.26. The Bertz CT molecular complexity index is 271. The van der Waals surface area contributed by atoms with Crippen molar-refractivity contribution < 1.29 is 5.11 Å². The smallest absolute Gasteiger partial charge is 0.0664 e. The summed E-state index contributed by atoms with van der Waals surface area (Å²) in [7, 11) is 0. The number of aliphatic hydroxyl groups excluding tert-OH is 1. The summed E-state index contributed by atoms with van der Waals surface area (Å²) in [4.78, 5) is 0. The zero-order valence-corrected chi connectivity index (χ0v) is 10.3. The fraction of sp³-hybridized carbons (Fsp3) is 0.571. The van der Waals surface area contributed by atoms with Gasteiger partial charge in [-0.15, -0.1) is 0 Å². The van der Waals surface area contributed by atoms with E-state index in [-0.39, 0.29) is 6.10 Å². The van der Waals surface area contributed by atoms with Crippen molar-refractivity contribution in [1.29, 1.82) is 0 Å². The number of rotatable bonds is 7. The van der Waals surface area contributed by atoms with Gasteiger partial charge in [0.05, 0.1) is 6.10 Å². The second-order valence-electron chi connectivity index (χ2n) is 4.74. The Labute approximate surface area is 98.7 Å². The Morgan fingerprint density at radius 2 is 1.81 bits per heavy atom. The Hall–Kier alpha value is -0.860. The molecule has 0 bridgehead atoms. The largest absolute Gasteiger partial charge is 0.392 e. The molecule has 0 spiro atoms. The van der Waals surface area contributed by atoms with E-state index >= 15 is 0 Å². The van der Waals surface area contributed by atoms with Crippen molar-refractivity contribution in [2.24, 2.45) is 5.92 Å². The SMILES string of the molecule is CC(C)CCC(O)CNCc1ccccc1. The van der Waals surface area contributed by atoms with Gasteiger partial charge in [0.15, 0.2) is 0 Å². The van der Waals surface area contributed by atoms with Crippen LogP contribution in [-0.2, 0) is 6.54 Å². The van der Waals surface area contributed by atoms with Gasteiger partial charge in [0, 0.05) is 13.1 Å². The van der Waals surface area contributed by atoms with E-state index < -0.39 is 0 Å². The summed E-state index contributed by atoms with van der Waals surface area (Å²) in [6.07, 6.45) is 1.76. The van der Waals surface area contributed by atoms with Gasteiger partial charge in [-0.3, -0.25) is 0 Å². The predicted octanol–water partition coefficient (Wildman–Crippen LogP) is 2.57. The summed E-state index contributed by atoms with van der Waals surface area (Å²) in [5, 5.41) is 13.0. The van der Waals surface area contributed by atoms with E-state index in [1.165, 1.54) is 5.56 Å². The molecular weight excluding hydrogens is 198 g/mol. The second-order valence-corrected chi connectivity index (χ2v) is 4.74. The fourth-order valence-electron chi connectivity index (χ4n) is 1.61. The lowest BCUT2D eigenvalue weighted by Gasteiger charge is -2.13. The molecule has 16 heavy (non-hydrogen) atoms. The minimum absolute atomic E-state index is 0.217. The van der Waals surface area contributed by atoms with Crippen LogP contribution in [0.4, 0.5) is 0 Å². The zero-order chi connectivity index (χ0) is 11.8. The van der Waals surface area contributed by atoms with Gasteiger partial charge in [0.2, 0.25) is 0 Å². The number of aliphatic hydroxyl groups is 1. The molecule has 0 aliphatic carbocycles. The highest BCUT2D eigenvalue weighted by Crippen LogP contribution is 2.06. The summed E-state index contributed by atoms with van der Waals surface area (Å²) in [5.74, 6) is 0.670. The molecule has 1 atom stereocenters. The number of hydrogen-bond acceptors (Lipinski definition) is 2. The van der Waals surface area contributed by atoms with Crippen LogP contribution in [0.3, 0.4) is 0 Å². The van der Waals surface area contributed by atoms with Crippen LogP contribution in [0.2, 0.25) is 0 Å².